The molecule has 0 aliphatic rings. The van der Waals surface area contributed by atoms with Crippen LogP contribution in [0.3, 0.4) is 0 Å². The minimum atomic E-state index is 1.18. The molecule has 0 heteroatoms. The Bertz CT molecular complexity index is 178. The Morgan fingerprint density at radius 1 is 0.476 bits per heavy atom. The highest BCUT2D eigenvalue weighted by atomic mass is 13.9. The van der Waals surface area contributed by atoms with E-state index >= 15 is 0 Å². The van der Waals surface area contributed by atoms with Crippen LogP contribution >= 0.6 is 0 Å². The topological polar surface area (TPSA) is 0 Å². The van der Waals surface area contributed by atoms with Crippen molar-refractivity contribution in [2.24, 2.45) is 0 Å². The molecule has 21 heavy (non-hydrogen) atoms. The van der Waals surface area contributed by atoms with Crippen LogP contribution < -0.4 is 0 Å². The fraction of sp³-hybridized carbons (Fsp3) is 0.714. The molecule has 0 aromatic carbocycles. The lowest BCUT2D eigenvalue weighted by molar-refractivity contribution is 0.675. The maximum atomic E-state index is 3.66. The normalized spacial score (nSPS) is 8.71. The van der Waals surface area contributed by atoms with Crippen LogP contribution in [0.25, 0.3) is 0 Å². The molecule has 0 nitrogen and oxygen atoms in total. The van der Waals surface area contributed by atoms with Crippen LogP contribution in [-0.4, -0.2) is 0 Å². The first-order valence-corrected chi connectivity index (χ1v) is 9.07. The second-order valence-electron chi connectivity index (χ2n) is 5.35. The standard InChI is InChI=1S/C8H16.C7H14.C6H12/c1-3-5-7-8-6-4-2;1-3-5-7-6-4-2;1-3-5-6-4-2/h3H,1,4-8H2,2H3;3H,1,4-7H2,2H3;3H,1,4-6H2,2H3. The van der Waals surface area contributed by atoms with Crippen LogP contribution in [0.15, 0.2) is 38.0 Å². The van der Waals surface area contributed by atoms with Crippen molar-refractivity contribution in [2.75, 3.05) is 0 Å². The molecule has 0 spiro atoms. The summed E-state index contributed by atoms with van der Waals surface area (Å²) < 4.78 is 0. The van der Waals surface area contributed by atoms with E-state index in [-0.39, 0.29) is 0 Å². The van der Waals surface area contributed by atoms with Gasteiger partial charge < -0.3 is 0 Å². The summed E-state index contributed by atoms with van der Waals surface area (Å²) >= 11 is 0. The molecule has 0 rings (SSSR count). The first kappa shape index (κ1) is 25.2. The molecule has 0 aromatic rings. The van der Waals surface area contributed by atoms with Crippen LogP contribution in [0, 0.1) is 0 Å². The molecule has 0 saturated carbocycles. The zero-order chi connectivity index (χ0) is 16.6. The Kier molecular flexibility index (Phi) is 37.8. The summed E-state index contributed by atoms with van der Waals surface area (Å²) in [4.78, 5) is 0. The van der Waals surface area contributed by atoms with Crippen molar-refractivity contribution in [3.8, 4) is 0 Å². The van der Waals surface area contributed by atoms with Crippen LogP contribution in [0.2, 0.25) is 0 Å². The Balaban J connectivity index is -0.000000234. The van der Waals surface area contributed by atoms with E-state index in [2.05, 4.69) is 40.5 Å². The van der Waals surface area contributed by atoms with Gasteiger partial charge in [0.1, 0.15) is 0 Å². The molecular weight excluding hydrogens is 252 g/mol. The summed E-state index contributed by atoms with van der Waals surface area (Å²) in [6.45, 7) is 17.5. The number of unbranched alkanes of at least 4 members (excludes halogenated alkanes) is 9. The summed E-state index contributed by atoms with van der Waals surface area (Å²) in [5.74, 6) is 0. The Morgan fingerprint density at radius 3 is 1.14 bits per heavy atom. The van der Waals surface area contributed by atoms with Crippen LogP contribution in [-0.2, 0) is 0 Å². The molecule has 0 aliphatic heterocycles. The van der Waals surface area contributed by atoms with Gasteiger partial charge in [-0.3, -0.25) is 0 Å². The lowest BCUT2D eigenvalue weighted by Crippen LogP contribution is -1.71. The molecule has 0 radical (unpaired) electrons. The monoisotopic (exact) mass is 294 g/mol. The minimum absolute atomic E-state index is 1.18. The van der Waals surface area contributed by atoms with Crippen molar-refractivity contribution in [3.63, 3.8) is 0 Å². The van der Waals surface area contributed by atoms with Gasteiger partial charge in [0.05, 0.1) is 0 Å². The maximum Gasteiger partial charge on any atom is -0.0353 e. The van der Waals surface area contributed by atoms with E-state index in [9.17, 15) is 0 Å². The third kappa shape index (κ3) is 45.3. The van der Waals surface area contributed by atoms with E-state index in [1.807, 2.05) is 18.2 Å². The number of rotatable bonds is 12. The SMILES string of the molecule is C=CCCCC.C=CCCCCC.C=CCCCCCC. The van der Waals surface area contributed by atoms with E-state index in [0.717, 1.165) is 0 Å². The molecule has 0 aliphatic carbocycles. The molecule has 126 valence electrons. The van der Waals surface area contributed by atoms with Gasteiger partial charge in [0.15, 0.2) is 0 Å². The molecule has 0 atom stereocenters. The first-order chi connectivity index (χ1) is 10.2. The van der Waals surface area contributed by atoms with Crippen molar-refractivity contribution in [1.29, 1.82) is 0 Å². The fourth-order valence-corrected chi connectivity index (χ4v) is 1.60. The largest absolute Gasteiger partial charge is 0.103 e. The molecule has 0 saturated heterocycles. The summed E-state index contributed by atoms with van der Waals surface area (Å²) in [7, 11) is 0. The van der Waals surface area contributed by atoms with Gasteiger partial charge >= 0.3 is 0 Å². The van der Waals surface area contributed by atoms with Gasteiger partial charge in [-0.05, 0) is 32.1 Å². The quantitative estimate of drug-likeness (QED) is 0.251. The van der Waals surface area contributed by atoms with Gasteiger partial charge in [-0.15, -0.1) is 19.7 Å². The third-order valence-electron chi connectivity index (χ3n) is 3.04. The van der Waals surface area contributed by atoms with Crippen molar-refractivity contribution >= 4 is 0 Å². The zero-order valence-electron chi connectivity index (χ0n) is 15.3. The predicted molar refractivity (Wildman–Crippen MR) is 103 cm³/mol. The van der Waals surface area contributed by atoms with Crippen molar-refractivity contribution in [1.82, 2.24) is 0 Å². The lowest BCUT2D eigenvalue weighted by atomic mass is 10.2. The second-order valence-corrected chi connectivity index (χ2v) is 5.35. The third-order valence-corrected chi connectivity index (χ3v) is 3.04. The van der Waals surface area contributed by atoms with Gasteiger partial charge in [-0.2, -0.15) is 0 Å². The van der Waals surface area contributed by atoms with Crippen LogP contribution in [0.5, 0.6) is 0 Å². The smallest absolute Gasteiger partial charge is 0.0353 e. The van der Waals surface area contributed by atoms with Crippen molar-refractivity contribution < 1.29 is 0 Å². The highest BCUT2D eigenvalue weighted by Crippen LogP contribution is 2.01. The average molecular weight is 295 g/mol. The number of hydrogen-bond acceptors (Lipinski definition) is 0. The Hall–Kier alpha value is -0.780. The summed E-state index contributed by atoms with van der Waals surface area (Å²) in [6, 6.07) is 0. The zero-order valence-corrected chi connectivity index (χ0v) is 15.3. The molecule has 0 heterocycles. The summed E-state index contributed by atoms with van der Waals surface area (Å²) in [5.41, 5.74) is 0. The van der Waals surface area contributed by atoms with E-state index in [0.29, 0.717) is 0 Å². The lowest BCUT2D eigenvalue weighted by Gasteiger charge is -1.91. The number of allylic oxidation sites excluding steroid dienone is 3. The fourth-order valence-electron chi connectivity index (χ4n) is 1.60. The van der Waals surface area contributed by atoms with Crippen LogP contribution in [0.1, 0.15) is 97.8 Å². The van der Waals surface area contributed by atoms with Gasteiger partial charge in [0, 0.05) is 0 Å². The van der Waals surface area contributed by atoms with E-state index in [1.165, 1.54) is 77.0 Å². The summed E-state index contributed by atoms with van der Waals surface area (Å²) in [5, 5.41) is 0. The average Bonchev–Trinajstić information content (AvgIpc) is 2.51. The Labute approximate surface area is 136 Å². The molecule has 0 bridgehead atoms. The van der Waals surface area contributed by atoms with E-state index in [1.54, 1.807) is 0 Å². The van der Waals surface area contributed by atoms with Gasteiger partial charge in [-0.1, -0.05) is 83.9 Å². The molecular formula is C21H42. The first-order valence-electron chi connectivity index (χ1n) is 9.07. The van der Waals surface area contributed by atoms with Crippen LogP contribution in [0.4, 0.5) is 0 Å². The molecule has 0 unspecified atom stereocenters. The highest BCUT2D eigenvalue weighted by Gasteiger charge is 1.81. The number of hydrogen-bond donors (Lipinski definition) is 0. The molecule has 0 N–H and O–H groups in total. The molecule has 0 aromatic heterocycles. The predicted octanol–water partition coefficient (Wildman–Crippen LogP) is 8.26. The highest BCUT2D eigenvalue weighted by molar-refractivity contribution is 4.65. The maximum absolute atomic E-state index is 3.66. The molecule has 0 amide bonds. The van der Waals surface area contributed by atoms with Crippen molar-refractivity contribution in [3.05, 3.63) is 38.0 Å². The second kappa shape index (κ2) is 31.6. The van der Waals surface area contributed by atoms with Crippen molar-refractivity contribution in [2.45, 2.75) is 97.8 Å². The van der Waals surface area contributed by atoms with Gasteiger partial charge in [-0.25, -0.2) is 0 Å². The van der Waals surface area contributed by atoms with E-state index in [4.69, 9.17) is 0 Å². The van der Waals surface area contributed by atoms with Gasteiger partial charge in [0.25, 0.3) is 0 Å². The van der Waals surface area contributed by atoms with E-state index < -0.39 is 0 Å². The van der Waals surface area contributed by atoms with Gasteiger partial charge in [0.2, 0.25) is 0 Å². The summed E-state index contributed by atoms with van der Waals surface area (Å²) in [6.07, 6.45) is 21.5. The molecule has 0 fully saturated rings. The Morgan fingerprint density at radius 2 is 0.810 bits per heavy atom. The minimum Gasteiger partial charge on any atom is -0.103 e.